The first-order valence-corrected chi connectivity index (χ1v) is 9.51. The molecule has 29 heavy (non-hydrogen) atoms. The normalized spacial score (nSPS) is 14.8. The van der Waals surface area contributed by atoms with Gasteiger partial charge in [0.2, 0.25) is 0 Å². The van der Waals surface area contributed by atoms with Gasteiger partial charge in [-0.1, -0.05) is 18.2 Å². The molecule has 6 nitrogen and oxygen atoms in total. The smallest absolute Gasteiger partial charge is 0.259 e. The van der Waals surface area contributed by atoms with Gasteiger partial charge < -0.3 is 19.9 Å². The van der Waals surface area contributed by atoms with Crippen molar-refractivity contribution < 1.29 is 9.53 Å². The summed E-state index contributed by atoms with van der Waals surface area (Å²) in [4.78, 5) is 13.7. The van der Waals surface area contributed by atoms with Gasteiger partial charge in [-0.25, -0.2) is 0 Å². The molecule has 0 spiro atoms. The van der Waals surface area contributed by atoms with Gasteiger partial charge >= 0.3 is 0 Å². The molecule has 0 unspecified atom stereocenters. The molecule has 6 heteroatoms. The summed E-state index contributed by atoms with van der Waals surface area (Å²) < 4.78 is 7.39. The molecule has 1 aromatic heterocycles. The van der Waals surface area contributed by atoms with Crippen molar-refractivity contribution in [2.75, 3.05) is 31.2 Å². The van der Waals surface area contributed by atoms with E-state index in [2.05, 4.69) is 41.3 Å². The van der Waals surface area contributed by atoms with Crippen LogP contribution in [0.3, 0.4) is 0 Å². The lowest BCUT2D eigenvalue weighted by Crippen LogP contribution is -2.36. The molecule has 0 atom stereocenters. The van der Waals surface area contributed by atoms with E-state index in [1.54, 1.807) is 0 Å². The van der Waals surface area contributed by atoms with Crippen molar-refractivity contribution in [3.8, 4) is 17.3 Å². The van der Waals surface area contributed by atoms with E-state index in [0.717, 1.165) is 48.6 Å². The number of amides is 1. The predicted octanol–water partition coefficient (Wildman–Crippen LogP) is 3.07. The van der Waals surface area contributed by atoms with E-state index in [4.69, 9.17) is 15.7 Å². The molecule has 1 amide bonds. The number of carbonyl (C=O) groups excluding carboxylic acids is 1. The van der Waals surface area contributed by atoms with Gasteiger partial charge in [-0.3, -0.25) is 4.79 Å². The molecule has 1 fully saturated rings. The molecule has 2 N–H and O–H groups in total. The fraction of sp³-hybridized carbons (Fsp3) is 0.217. The van der Waals surface area contributed by atoms with E-state index >= 15 is 0 Å². The fourth-order valence-electron chi connectivity index (χ4n) is 3.68. The summed E-state index contributed by atoms with van der Waals surface area (Å²) in [5.41, 5.74) is 9.21. The molecule has 2 heterocycles. The van der Waals surface area contributed by atoms with E-state index in [1.165, 1.54) is 17.1 Å². The lowest BCUT2D eigenvalue weighted by molar-refractivity contribution is -0.114. The minimum atomic E-state index is -0.725. The van der Waals surface area contributed by atoms with E-state index < -0.39 is 5.91 Å². The van der Waals surface area contributed by atoms with Gasteiger partial charge in [-0.15, -0.1) is 0 Å². The summed E-state index contributed by atoms with van der Waals surface area (Å²) in [6.45, 7) is 3.37. The van der Waals surface area contributed by atoms with Crippen LogP contribution in [0.5, 0.6) is 0 Å². The number of morpholine rings is 1. The van der Waals surface area contributed by atoms with Gasteiger partial charge in [0, 0.05) is 37.2 Å². The van der Waals surface area contributed by atoms with Crippen LogP contribution in [-0.2, 0) is 16.6 Å². The summed E-state index contributed by atoms with van der Waals surface area (Å²) >= 11 is 0. The number of benzene rings is 2. The quantitative estimate of drug-likeness (QED) is 0.552. The van der Waals surface area contributed by atoms with Gasteiger partial charge in [-0.2, -0.15) is 5.26 Å². The molecule has 0 aliphatic carbocycles. The lowest BCUT2D eigenvalue weighted by Gasteiger charge is -2.29. The third-order valence-corrected chi connectivity index (χ3v) is 5.33. The van der Waals surface area contributed by atoms with Crippen molar-refractivity contribution in [3.63, 3.8) is 0 Å². The van der Waals surface area contributed by atoms with Crippen LogP contribution < -0.4 is 10.6 Å². The Labute approximate surface area is 169 Å². The molecule has 4 rings (SSSR count). The summed E-state index contributed by atoms with van der Waals surface area (Å²) in [5.74, 6) is -0.725. The molecule has 146 valence electrons. The molecule has 2 aromatic carbocycles. The molecular weight excluding hydrogens is 364 g/mol. The van der Waals surface area contributed by atoms with Crippen LogP contribution >= 0.6 is 0 Å². The number of fused-ring (bicyclic) bond motifs is 1. The number of aromatic nitrogens is 1. The van der Waals surface area contributed by atoms with Crippen LogP contribution in [0, 0.1) is 11.3 Å². The summed E-state index contributed by atoms with van der Waals surface area (Å²) in [5, 5.41) is 11.4. The van der Waals surface area contributed by atoms with Crippen molar-refractivity contribution in [2.24, 2.45) is 12.8 Å². The van der Waals surface area contributed by atoms with Gasteiger partial charge in [0.15, 0.2) is 0 Å². The second kappa shape index (κ2) is 7.82. The van der Waals surface area contributed by atoms with Crippen LogP contribution in [0.15, 0.2) is 54.1 Å². The van der Waals surface area contributed by atoms with Crippen molar-refractivity contribution in [1.29, 1.82) is 5.26 Å². The third kappa shape index (κ3) is 3.73. The first-order chi connectivity index (χ1) is 14.1. The maximum atomic E-state index is 11.3. The Morgan fingerprint density at radius 3 is 2.55 bits per heavy atom. The van der Waals surface area contributed by atoms with Gasteiger partial charge in [0.25, 0.3) is 5.91 Å². The van der Waals surface area contributed by atoms with Crippen LogP contribution in [0.25, 0.3) is 28.1 Å². The number of hydrogen-bond acceptors (Lipinski definition) is 4. The van der Waals surface area contributed by atoms with E-state index in [9.17, 15) is 4.79 Å². The van der Waals surface area contributed by atoms with Crippen LogP contribution in [0.4, 0.5) is 5.69 Å². The number of primary amides is 1. The Balaban J connectivity index is 1.67. The van der Waals surface area contributed by atoms with Gasteiger partial charge in [0.1, 0.15) is 11.6 Å². The Morgan fingerprint density at radius 2 is 1.83 bits per heavy atom. The summed E-state index contributed by atoms with van der Waals surface area (Å²) in [6, 6.07) is 18.6. The highest BCUT2D eigenvalue weighted by molar-refractivity contribution is 6.00. The Morgan fingerprint density at radius 1 is 1.10 bits per heavy atom. The number of hydrogen-bond donors (Lipinski definition) is 1. The second-order valence-corrected chi connectivity index (χ2v) is 7.08. The molecule has 0 bridgehead atoms. The average molecular weight is 386 g/mol. The molecule has 0 radical (unpaired) electrons. The number of nitriles is 1. The zero-order valence-corrected chi connectivity index (χ0v) is 16.3. The summed E-state index contributed by atoms with van der Waals surface area (Å²) in [6.07, 6.45) is 1.52. The second-order valence-electron chi connectivity index (χ2n) is 7.08. The first kappa shape index (κ1) is 18.8. The Kier molecular flexibility index (Phi) is 5.07. The van der Waals surface area contributed by atoms with Crippen LogP contribution in [0.2, 0.25) is 0 Å². The standard InChI is InChI=1S/C23H22N4O2/c1-26-20(14-19(15-24)23(25)28)6-7-22(26)18-3-2-17-13-21(5-4-16(17)12-18)27-8-10-29-11-9-27/h2-7,12-14H,8-11H2,1H3,(H2,25,28). The third-order valence-electron chi connectivity index (χ3n) is 5.33. The van der Waals surface area contributed by atoms with Gasteiger partial charge in [0.05, 0.1) is 13.2 Å². The van der Waals surface area contributed by atoms with Crippen molar-refractivity contribution in [1.82, 2.24) is 4.57 Å². The monoisotopic (exact) mass is 386 g/mol. The Hall–Kier alpha value is -3.56. The minimum absolute atomic E-state index is 0.0631. The number of carbonyl (C=O) groups is 1. The number of anilines is 1. The number of ether oxygens (including phenoxy) is 1. The zero-order valence-electron chi connectivity index (χ0n) is 16.3. The van der Waals surface area contributed by atoms with E-state index in [1.807, 2.05) is 29.8 Å². The molecule has 0 saturated carbocycles. The Bertz CT molecular complexity index is 1150. The summed E-state index contributed by atoms with van der Waals surface area (Å²) in [7, 11) is 1.91. The highest BCUT2D eigenvalue weighted by atomic mass is 16.5. The topological polar surface area (TPSA) is 84.3 Å². The number of nitrogens with two attached hydrogens (primary N) is 1. The maximum absolute atomic E-state index is 11.3. The number of nitrogens with zero attached hydrogens (tertiary/aromatic N) is 3. The predicted molar refractivity (Wildman–Crippen MR) is 114 cm³/mol. The first-order valence-electron chi connectivity index (χ1n) is 9.51. The minimum Gasteiger partial charge on any atom is -0.378 e. The lowest BCUT2D eigenvalue weighted by atomic mass is 10.0. The van der Waals surface area contributed by atoms with Crippen molar-refractivity contribution >= 4 is 28.4 Å². The largest absolute Gasteiger partial charge is 0.378 e. The van der Waals surface area contributed by atoms with E-state index in [0.29, 0.717) is 0 Å². The maximum Gasteiger partial charge on any atom is 0.259 e. The average Bonchev–Trinajstić information content (AvgIpc) is 3.11. The zero-order chi connectivity index (χ0) is 20.4. The van der Waals surface area contributed by atoms with Crippen molar-refractivity contribution in [3.05, 3.63) is 59.8 Å². The van der Waals surface area contributed by atoms with Crippen molar-refractivity contribution in [2.45, 2.75) is 0 Å². The number of rotatable bonds is 4. The van der Waals surface area contributed by atoms with Gasteiger partial charge in [-0.05, 0) is 52.7 Å². The SMILES string of the molecule is Cn1c(C=C(C#N)C(N)=O)ccc1-c1ccc2cc(N3CCOCC3)ccc2c1. The molecule has 1 aliphatic heterocycles. The fourth-order valence-corrected chi connectivity index (χ4v) is 3.68. The highest BCUT2D eigenvalue weighted by Crippen LogP contribution is 2.29. The molecule has 1 aliphatic rings. The van der Waals surface area contributed by atoms with Crippen LogP contribution in [0.1, 0.15) is 5.69 Å². The van der Waals surface area contributed by atoms with Crippen LogP contribution in [-0.4, -0.2) is 36.8 Å². The molecular formula is C23H22N4O2. The highest BCUT2D eigenvalue weighted by Gasteiger charge is 2.13. The molecule has 1 saturated heterocycles. The molecule has 3 aromatic rings. The van der Waals surface area contributed by atoms with E-state index in [-0.39, 0.29) is 5.57 Å².